The van der Waals surface area contributed by atoms with Gasteiger partial charge in [0.2, 0.25) is 10.0 Å². The first kappa shape index (κ1) is 13.9. The molecule has 0 N–H and O–H groups in total. The number of nitro groups is 1. The molecule has 0 spiro atoms. The topological polar surface area (TPSA) is 80.5 Å². The Morgan fingerprint density at radius 3 is 2.53 bits per heavy atom. The predicted molar refractivity (Wildman–Crippen MR) is 63.6 cm³/mol. The first-order chi connectivity index (χ1) is 7.80. The van der Waals surface area contributed by atoms with Crippen molar-refractivity contribution in [3.8, 4) is 0 Å². The third kappa shape index (κ3) is 2.74. The van der Waals surface area contributed by atoms with Crippen LogP contribution in [0, 0.1) is 10.1 Å². The van der Waals surface area contributed by atoms with E-state index in [0.29, 0.717) is 0 Å². The molecule has 94 valence electrons. The van der Waals surface area contributed by atoms with E-state index in [-0.39, 0.29) is 22.2 Å². The van der Waals surface area contributed by atoms with Gasteiger partial charge < -0.3 is 0 Å². The van der Waals surface area contributed by atoms with Crippen LogP contribution >= 0.6 is 11.6 Å². The van der Waals surface area contributed by atoms with Crippen LogP contribution in [0.5, 0.6) is 0 Å². The molecule has 17 heavy (non-hydrogen) atoms. The highest BCUT2D eigenvalue weighted by atomic mass is 35.5. The first-order valence-electron chi connectivity index (χ1n) is 4.71. The zero-order valence-corrected chi connectivity index (χ0v) is 10.8. The average molecular weight is 279 g/mol. The summed E-state index contributed by atoms with van der Waals surface area (Å²) in [5.41, 5.74) is -0.308. The standard InChI is InChI=1S/C9H11ClN2O4S/c1-3-11(2)17(15,16)9-6-7(12(13)14)4-5-8(9)10/h4-6H,3H2,1-2H3. The summed E-state index contributed by atoms with van der Waals surface area (Å²) in [5.74, 6) is 0. The van der Waals surface area contributed by atoms with Gasteiger partial charge in [0.25, 0.3) is 5.69 Å². The summed E-state index contributed by atoms with van der Waals surface area (Å²) < 4.78 is 25.0. The van der Waals surface area contributed by atoms with Crippen molar-refractivity contribution in [2.75, 3.05) is 13.6 Å². The smallest absolute Gasteiger partial charge is 0.258 e. The summed E-state index contributed by atoms with van der Waals surface area (Å²) in [6.45, 7) is 1.91. The van der Waals surface area contributed by atoms with Gasteiger partial charge in [0.15, 0.2) is 0 Å². The van der Waals surface area contributed by atoms with Crippen LogP contribution in [0.15, 0.2) is 23.1 Å². The molecule has 0 heterocycles. The Labute approximate surface area is 104 Å². The van der Waals surface area contributed by atoms with Crippen LogP contribution in [-0.2, 0) is 10.0 Å². The van der Waals surface area contributed by atoms with Gasteiger partial charge in [-0.15, -0.1) is 0 Å². The van der Waals surface area contributed by atoms with Gasteiger partial charge in [0, 0.05) is 25.7 Å². The van der Waals surface area contributed by atoms with Crippen LogP contribution in [0.2, 0.25) is 5.02 Å². The highest BCUT2D eigenvalue weighted by molar-refractivity contribution is 7.89. The van der Waals surface area contributed by atoms with Crippen molar-refractivity contribution < 1.29 is 13.3 Å². The summed E-state index contributed by atoms with van der Waals surface area (Å²) >= 11 is 5.76. The van der Waals surface area contributed by atoms with E-state index in [4.69, 9.17) is 11.6 Å². The molecule has 0 aliphatic heterocycles. The van der Waals surface area contributed by atoms with Crippen LogP contribution in [0.25, 0.3) is 0 Å². The van der Waals surface area contributed by atoms with Crippen LogP contribution in [0.4, 0.5) is 5.69 Å². The van der Waals surface area contributed by atoms with Crippen molar-refractivity contribution in [1.29, 1.82) is 0 Å². The van der Waals surface area contributed by atoms with Crippen LogP contribution in [0.1, 0.15) is 6.92 Å². The van der Waals surface area contributed by atoms with Crippen molar-refractivity contribution >= 4 is 27.3 Å². The lowest BCUT2D eigenvalue weighted by Crippen LogP contribution is -2.26. The van der Waals surface area contributed by atoms with Gasteiger partial charge in [-0.05, 0) is 6.07 Å². The van der Waals surface area contributed by atoms with E-state index < -0.39 is 14.9 Å². The largest absolute Gasteiger partial charge is 0.270 e. The lowest BCUT2D eigenvalue weighted by Gasteiger charge is -2.15. The van der Waals surface area contributed by atoms with Crippen molar-refractivity contribution in [3.05, 3.63) is 33.3 Å². The van der Waals surface area contributed by atoms with Crippen molar-refractivity contribution in [2.24, 2.45) is 0 Å². The minimum absolute atomic E-state index is 0.0316. The highest BCUT2D eigenvalue weighted by Crippen LogP contribution is 2.27. The molecule has 0 saturated heterocycles. The number of non-ortho nitro benzene ring substituents is 1. The Morgan fingerprint density at radius 2 is 2.06 bits per heavy atom. The van der Waals surface area contributed by atoms with E-state index in [9.17, 15) is 18.5 Å². The lowest BCUT2D eigenvalue weighted by atomic mass is 10.3. The van der Waals surface area contributed by atoms with Gasteiger partial charge in [-0.3, -0.25) is 10.1 Å². The number of sulfonamides is 1. The Bertz CT molecular complexity index is 544. The zero-order valence-electron chi connectivity index (χ0n) is 9.25. The molecule has 0 aromatic heterocycles. The first-order valence-corrected chi connectivity index (χ1v) is 6.52. The average Bonchev–Trinajstić information content (AvgIpc) is 2.27. The van der Waals surface area contributed by atoms with Crippen LogP contribution < -0.4 is 0 Å². The summed E-state index contributed by atoms with van der Waals surface area (Å²) in [6, 6.07) is 3.33. The lowest BCUT2D eigenvalue weighted by molar-refractivity contribution is -0.385. The van der Waals surface area contributed by atoms with Gasteiger partial charge in [-0.25, -0.2) is 12.7 Å². The van der Waals surface area contributed by atoms with E-state index >= 15 is 0 Å². The summed E-state index contributed by atoms with van der Waals surface area (Å²) in [4.78, 5) is 9.67. The molecular formula is C9H11ClN2O4S. The molecule has 0 bridgehead atoms. The fourth-order valence-corrected chi connectivity index (χ4v) is 2.81. The maximum Gasteiger partial charge on any atom is 0.270 e. The number of rotatable bonds is 4. The van der Waals surface area contributed by atoms with E-state index in [2.05, 4.69) is 0 Å². The van der Waals surface area contributed by atoms with Gasteiger partial charge >= 0.3 is 0 Å². The van der Waals surface area contributed by atoms with Gasteiger partial charge in [0.1, 0.15) is 4.90 Å². The van der Waals surface area contributed by atoms with Crippen molar-refractivity contribution in [1.82, 2.24) is 4.31 Å². The fourth-order valence-electron chi connectivity index (χ4n) is 1.14. The minimum atomic E-state index is -3.78. The highest BCUT2D eigenvalue weighted by Gasteiger charge is 2.24. The van der Waals surface area contributed by atoms with E-state index in [1.807, 2.05) is 0 Å². The number of halogens is 1. The molecule has 0 radical (unpaired) electrons. The molecule has 6 nitrogen and oxygen atoms in total. The molecule has 1 rings (SSSR count). The second-order valence-corrected chi connectivity index (χ2v) is 5.71. The van der Waals surface area contributed by atoms with E-state index in [0.717, 1.165) is 16.4 Å². The molecule has 0 aliphatic carbocycles. The predicted octanol–water partition coefficient (Wildman–Crippen LogP) is 1.89. The molecule has 8 heteroatoms. The monoisotopic (exact) mass is 278 g/mol. The van der Waals surface area contributed by atoms with Crippen molar-refractivity contribution in [3.63, 3.8) is 0 Å². The molecule has 0 unspecified atom stereocenters. The summed E-state index contributed by atoms with van der Waals surface area (Å²) in [6.07, 6.45) is 0. The maximum absolute atomic E-state index is 12.0. The minimum Gasteiger partial charge on any atom is -0.258 e. The molecule has 0 amide bonds. The Hall–Kier alpha value is -1.18. The Balaban J connectivity index is 3.40. The normalized spacial score (nSPS) is 11.8. The second-order valence-electron chi connectivity index (χ2n) is 3.29. The Morgan fingerprint density at radius 1 is 1.47 bits per heavy atom. The third-order valence-corrected chi connectivity index (χ3v) is 4.67. The maximum atomic E-state index is 12.0. The van der Waals surface area contributed by atoms with E-state index in [1.54, 1.807) is 6.92 Å². The molecular weight excluding hydrogens is 268 g/mol. The van der Waals surface area contributed by atoms with Crippen LogP contribution in [-0.4, -0.2) is 31.2 Å². The SMILES string of the molecule is CCN(C)S(=O)(=O)c1cc([N+](=O)[O-])ccc1Cl. The molecule has 1 aromatic rings. The molecule has 0 aliphatic rings. The molecule has 0 saturated carbocycles. The third-order valence-electron chi connectivity index (χ3n) is 2.26. The van der Waals surface area contributed by atoms with Gasteiger partial charge in [-0.2, -0.15) is 0 Å². The fraction of sp³-hybridized carbons (Fsp3) is 0.333. The number of nitro benzene ring substituents is 1. The number of hydrogen-bond donors (Lipinski definition) is 0. The van der Waals surface area contributed by atoms with E-state index in [1.165, 1.54) is 13.1 Å². The second kappa shape index (κ2) is 4.99. The zero-order chi connectivity index (χ0) is 13.2. The number of hydrogen-bond acceptors (Lipinski definition) is 4. The quantitative estimate of drug-likeness (QED) is 0.622. The summed E-state index contributed by atoms with van der Waals surface area (Å²) in [7, 11) is -2.40. The van der Waals surface area contributed by atoms with Crippen LogP contribution in [0.3, 0.4) is 0 Å². The Kier molecular flexibility index (Phi) is 4.07. The molecule has 0 fully saturated rings. The number of nitrogens with zero attached hydrogens (tertiary/aromatic N) is 2. The molecule has 0 atom stereocenters. The van der Waals surface area contributed by atoms with Gasteiger partial charge in [0.05, 0.1) is 9.95 Å². The number of benzene rings is 1. The van der Waals surface area contributed by atoms with Crippen molar-refractivity contribution in [2.45, 2.75) is 11.8 Å². The van der Waals surface area contributed by atoms with Gasteiger partial charge in [-0.1, -0.05) is 18.5 Å². The summed E-state index contributed by atoms with van der Waals surface area (Å²) in [5, 5.41) is 10.6. The molecule has 1 aromatic carbocycles.